The van der Waals surface area contributed by atoms with Gasteiger partial charge < -0.3 is 10.3 Å². The predicted molar refractivity (Wildman–Crippen MR) is 68.3 cm³/mol. The number of carbonyl (C=O) groups is 1. The smallest absolute Gasteiger partial charge is 0.253 e. The van der Waals surface area contributed by atoms with Crippen molar-refractivity contribution in [2.45, 2.75) is 26.7 Å². The Morgan fingerprint density at radius 2 is 2.18 bits per heavy atom. The second-order valence-electron chi connectivity index (χ2n) is 4.49. The molecule has 4 nitrogen and oxygen atoms in total. The van der Waals surface area contributed by atoms with Crippen LogP contribution < -0.4 is 5.32 Å². The lowest BCUT2D eigenvalue weighted by atomic mass is 10.1. The van der Waals surface area contributed by atoms with Crippen LogP contribution in [0.15, 0.2) is 12.3 Å². The average molecular weight is 231 g/mol. The minimum atomic E-state index is -0.0726. The molecule has 0 fully saturated rings. The van der Waals surface area contributed by atoms with Gasteiger partial charge in [0, 0.05) is 24.3 Å². The molecule has 0 aliphatic rings. The van der Waals surface area contributed by atoms with E-state index in [1.54, 1.807) is 13.2 Å². The van der Waals surface area contributed by atoms with Crippen LogP contribution in [-0.4, -0.2) is 22.9 Å². The number of fused-ring (bicyclic) bond motifs is 1. The maximum absolute atomic E-state index is 11.7. The highest BCUT2D eigenvalue weighted by Crippen LogP contribution is 2.24. The number of carbonyl (C=O) groups excluding carboxylic acids is 1. The Labute approximate surface area is 100 Å². The zero-order valence-corrected chi connectivity index (χ0v) is 10.6. The number of amides is 1. The Kier molecular flexibility index (Phi) is 2.88. The van der Waals surface area contributed by atoms with Crippen LogP contribution >= 0.6 is 0 Å². The summed E-state index contributed by atoms with van der Waals surface area (Å²) in [5.74, 6) is 0.280. The molecule has 0 spiro atoms. The summed E-state index contributed by atoms with van der Waals surface area (Å²) >= 11 is 0. The van der Waals surface area contributed by atoms with Crippen molar-refractivity contribution in [3.63, 3.8) is 0 Å². The van der Waals surface area contributed by atoms with E-state index in [4.69, 9.17) is 0 Å². The van der Waals surface area contributed by atoms with E-state index >= 15 is 0 Å². The van der Waals surface area contributed by atoms with Crippen LogP contribution in [0.3, 0.4) is 0 Å². The average Bonchev–Trinajstić information content (AvgIpc) is 2.72. The molecule has 2 aromatic heterocycles. The van der Waals surface area contributed by atoms with Gasteiger partial charge in [0.15, 0.2) is 0 Å². The van der Waals surface area contributed by atoms with Crippen molar-refractivity contribution >= 4 is 16.8 Å². The van der Waals surface area contributed by atoms with Crippen LogP contribution in [0.4, 0.5) is 0 Å². The van der Waals surface area contributed by atoms with Crippen molar-refractivity contribution in [1.29, 1.82) is 0 Å². The highest BCUT2D eigenvalue weighted by Gasteiger charge is 2.14. The minimum absolute atomic E-state index is 0.0726. The third kappa shape index (κ3) is 1.90. The Morgan fingerprint density at radius 1 is 1.47 bits per heavy atom. The molecular weight excluding hydrogens is 214 g/mol. The Balaban J connectivity index is 2.70. The maximum atomic E-state index is 11.7. The zero-order chi connectivity index (χ0) is 12.6. The number of aromatic amines is 1. The van der Waals surface area contributed by atoms with Gasteiger partial charge in [0.05, 0.1) is 16.8 Å². The van der Waals surface area contributed by atoms with Gasteiger partial charge in [0.2, 0.25) is 0 Å². The third-order valence-electron chi connectivity index (χ3n) is 2.93. The van der Waals surface area contributed by atoms with Crippen molar-refractivity contribution in [2.24, 2.45) is 0 Å². The summed E-state index contributed by atoms with van der Waals surface area (Å²) in [4.78, 5) is 19.4. The summed E-state index contributed by atoms with van der Waals surface area (Å²) < 4.78 is 0. The molecule has 0 aliphatic heterocycles. The Morgan fingerprint density at radius 3 is 2.76 bits per heavy atom. The molecule has 2 aromatic rings. The monoisotopic (exact) mass is 231 g/mol. The molecule has 0 aliphatic carbocycles. The van der Waals surface area contributed by atoms with E-state index in [-0.39, 0.29) is 5.91 Å². The number of H-pyrrole nitrogens is 1. The number of hydrogen-bond donors (Lipinski definition) is 2. The summed E-state index contributed by atoms with van der Waals surface area (Å²) in [6, 6.07) is 1.99. The number of nitrogens with zero attached hydrogens (tertiary/aromatic N) is 1. The van der Waals surface area contributed by atoms with Gasteiger partial charge in [-0.15, -0.1) is 0 Å². The summed E-state index contributed by atoms with van der Waals surface area (Å²) in [5, 5.41) is 3.59. The van der Waals surface area contributed by atoms with Gasteiger partial charge in [-0.25, -0.2) is 0 Å². The first-order valence-electron chi connectivity index (χ1n) is 5.75. The van der Waals surface area contributed by atoms with Crippen molar-refractivity contribution in [1.82, 2.24) is 15.3 Å². The summed E-state index contributed by atoms with van der Waals surface area (Å²) in [7, 11) is 1.64. The van der Waals surface area contributed by atoms with E-state index in [0.717, 1.165) is 22.3 Å². The standard InChI is InChI=1S/C13H17N3O/c1-7(2)11-5-9-10(13(17)14-4)6-15-12(9)8(3)16-11/h5-7,15H,1-4H3,(H,14,17). The predicted octanol–water partition coefficient (Wildman–Crippen LogP) is 2.35. The van der Waals surface area contributed by atoms with E-state index in [9.17, 15) is 4.79 Å². The highest BCUT2D eigenvalue weighted by atomic mass is 16.1. The summed E-state index contributed by atoms with van der Waals surface area (Å²) in [6.45, 7) is 6.15. The first-order valence-corrected chi connectivity index (χ1v) is 5.75. The molecule has 2 heterocycles. The number of aromatic nitrogens is 2. The summed E-state index contributed by atoms with van der Waals surface area (Å²) in [5.41, 5.74) is 3.56. The molecule has 0 bridgehead atoms. The quantitative estimate of drug-likeness (QED) is 0.833. The normalized spacial score (nSPS) is 11.1. The fraction of sp³-hybridized carbons (Fsp3) is 0.385. The number of nitrogens with one attached hydrogen (secondary N) is 2. The fourth-order valence-electron chi connectivity index (χ4n) is 1.93. The molecule has 4 heteroatoms. The van der Waals surface area contributed by atoms with Crippen LogP contribution in [0.25, 0.3) is 10.9 Å². The Bertz CT molecular complexity index is 569. The van der Waals surface area contributed by atoms with E-state index in [0.29, 0.717) is 11.5 Å². The lowest BCUT2D eigenvalue weighted by molar-refractivity contribution is 0.0965. The van der Waals surface area contributed by atoms with E-state index in [1.807, 2.05) is 13.0 Å². The van der Waals surface area contributed by atoms with Crippen molar-refractivity contribution in [3.05, 3.63) is 29.2 Å². The third-order valence-corrected chi connectivity index (χ3v) is 2.93. The van der Waals surface area contributed by atoms with Gasteiger partial charge in [-0.1, -0.05) is 13.8 Å². The lowest BCUT2D eigenvalue weighted by Gasteiger charge is -2.07. The second-order valence-corrected chi connectivity index (χ2v) is 4.49. The SMILES string of the molecule is CNC(=O)c1c[nH]c2c(C)nc(C(C)C)cc12. The van der Waals surface area contributed by atoms with Crippen molar-refractivity contribution in [3.8, 4) is 0 Å². The van der Waals surface area contributed by atoms with Gasteiger partial charge in [-0.05, 0) is 18.9 Å². The molecule has 90 valence electrons. The molecule has 0 radical (unpaired) electrons. The lowest BCUT2D eigenvalue weighted by Crippen LogP contribution is -2.17. The number of aryl methyl sites for hydroxylation is 1. The van der Waals surface area contributed by atoms with Crippen LogP contribution in [0.1, 0.15) is 41.5 Å². The van der Waals surface area contributed by atoms with Crippen molar-refractivity contribution in [2.75, 3.05) is 7.05 Å². The van der Waals surface area contributed by atoms with Crippen LogP contribution in [0, 0.1) is 6.92 Å². The maximum Gasteiger partial charge on any atom is 0.253 e. The second kappa shape index (κ2) is 4.20. The molecule has 0 unspecified atom stereocenters. The zero-order valence-electron chi connectivity index (χ0n) is 10.6. The topological polar surface area (TPSA) is 57.8 Å². The van der Waals surface area contributed by atoms with Crippen molar-refractivity contribution < 1.29 is 4.79 Å². The largest absolute Gasteiger partial charge is 0.359 e. The molecular formula is C13H17N3O. The van der Waals surface area contributed by atoms with E-state index in [2.05, 4.69) is 29.1 Å². The number of hydrogen-bond acceptors (Lipinski definition) is 2. The van der Waals surface area contributed by atoms with E-state index < -0.39 is 0 Å². The number of pyridine rings is 1. The van der Waals surface area contributed by atoms with Gasteiger partial charge >= 0.3 is 0 Å². The number of rotatable bonds is 2. The van der Waals surface area contributed by atoms with Crippen LogP contribution in [-0.2, 0) is 0 Å². The van der Waals surface area contributed by atoms with E-state index in [1.165, 1.54) is 0 Å². The minimum Gasteiger partial charge on any atom is -0.359 e. The molecule has 2 N–H and O–H groups in total. The van der Waals surface area contributed by atoms with Gasteiger partial charge in [0.1, 0.15) is 0 Å². The fourth-order valence-corrected chi connectivity index (χ4v) is 1.93. The Hall–Kier alpha value is -1.84. The molecule has 0 saturated carbocycles. The molecule has 0 aromatic carbocycles. The molecule has 1 amide bonds. The highest BCUT2D eigenvalue weighted by molar-refractivity contribution is 6.07. The van der Waals surface area contributed by atoms with Crippen LogP contribution in [0.5, 0.6) is 0 Å². The first kappa shape index (κ1) is 11.6. The molecule has 0 atom stereocenters. The molecule has 2 rings (SSSR count). The molecule has 0 saturated heterocycles. The molecule has 17 heavy (non-hydrogen) atoms. The van der Waals surface area contributed by atoms with Gasteiger partial charge in [-0.2, -0.15) is 0 Å². The van der Waals surface area contributed by atoms with Crippen LogP contribution in [0.2, 0.25) is 0 Å². The van der Waals surface area contributed by atoms with Gasteiger partial charge in [0.25, 0.3) is 5.91 Å². The first-order chi connectivity index (χ1) is 8.04. The summed E-state index contributed by atoms with van der Waals surface area (Å²) in [6.07, 6.45) is 1.74. The van der Waals surface area contributed by atoms with Gasteiger partial charge in [-0.3, -0.25) is 9.78 Å².